The number of hydrogen-bond acceptors (Lipinski definition) is 9. The number of rotatable bonds is 6. The summed E-state index contributed by atoms with van der Waals surface area (Å²) in [6.45, 7) is 3.69. The standard InChI is InChI=1S/C33H34FN7O3/c1-2-21-5-3-6-22-15-25(42)16-27(28(21)22)41-13-8-26-29(31(41)43)37-32(38-30(26)39-14-11-36-24(19-39)7-10-35)44-20-33-9-4-12-40(33)18-23(34)17-33/h1,3,5-6,15-16,23-24,36,42H,4,7-9,11-14,17-20H2/t23-,24+,33+/m1/s1. The SMILES string of the molecule is C#Cc1cccc2cc(O)cc(N3CCc4c(nc(OC[C@@]56CCCN5C[C@H](F)C6)nc4N4CCN[C@@H](CC#N)C4)C3=O)c12. The zero-order valence-corrected chi connectivity index (χ0v) is 24.4. The summed E-state index contributed by atoms with van der Waals surface area (Å²) in [4.78, 5) is 29.7. The number of hydrogen-bond donors (Lipinski definition) is 2. The van der Waals surface area contributed by atoms with E-state index in [1.165, 1.54) is 0 Å². The Morgan fingerprint density at radius 1 is 1.23 bits per heavy atom. The van der Waals surface area contributed by atoms with Gasteiger partial charge in [0.25, 0.3) is 5.91 Å². The van der Waals surface area contributed by atoms with Gasteiger partial charge >= 0.3 is 6.01 Å². The van der Waals surface area contributed by atoms with E-state index in [9.17, 15) is 19.6 Å². The highest BCUT2D eigenvalue weighted by Crippen LogP contribution is 2.41. The van der Waals surface area contributed by atoms with Crippen LogP contribution < -0.4 is 19.9 Å². The fourth-order valence-electron chi connectivity index (χ4n) is 7.50. The smallest absolute Gasteiger partial charge is 0.319 e. The van der Waals surface area contributed by atoms with E-state index in [1.807, 2.05) is 18.2 Å². The average Bonchev–Trinajstić information content (AvgIpc) is 3.55. The molecule has 0 spiro atoms. The predicted octanol–water partition coefficient (Wildman–Crippen LogP) is 3.17. The normalized spacial score (nSPS) is 25.0. The molecule has 3 atom stereocenters. The van der Waals surface area contributed by atoms with E-state index in [-0.39, 0.29) is 36.0 Å². The van der Waals surface area contributed by atoms with E-state index >= 15 is 0 Å². The number of benzene rings is 2. The first-order valence-electron chi connectivity index (χ1n) is 15.2. The Morgan fingerprint density at radius 2 is 2.11 bits per heavy atom. The first-order chi connectivity index (χ1) is 21.4. The number of alkyl halides is 1. The number of nitrogens with zero attached hydrogens (tertiary/aromatic N) is 6. The molecule has 10 nitrogen and oxygen atoms in total. The third-order valence-corrected chi connectivity index (χ3v) is 9.51. The number of amides is 1. The highest BCUT2D eigenvalue weighted by atomic mass is 19.1. The molecule has 0 bridgehead atoms. The van der Waals surface area contributed by atoms with Crippen LogP contribution in [0.15, 0.2) is 30.3 Å². The Hall–Kier alpha value is -4.45. The Bertz CT molecular complexity index is 1720. The minimum atomic E-state index is -0.892. The molecule has 1 aromatic heterocycles. The van der Waals surface area contributed by atoms with E-state index < -0.39 is 11.7 Å². The van der Waals surface area contributed by atoms with Crippen molar-refractivity contribution in [2.24, 2.45) is 0 Å². The summed E-state index contributed by atoms with van der Waals surface area (Å²) < 4.78 is 20.7. The van der Waals surface area contributed by atoms with Gasteiger partial charge in [-0.25, -0.2) is 4.39 Å². The highest BCUT2D eigenvalue weighted by Gasteiger charge is 2.49. The van der Waals surface area contributed by atoms with Crippen molar-refractivity contribution in [2.75, 3.05) is 55.7 Å². The summed E-state index contributed by atoms with van der Waals surface area (Å²) in [6.07, 6.45) is 8.01. The van der Waals surface area contributed by atoms with Crippen molar-refractivity contribution < 1.29 is 19.0 Å². The molecular formula is C33H34FN7O3. The van der Waals surface area contributed by atoms with Crippen molar-refractivity contribution in [3.05, 3.63) is 47.2 Å². The Morgan fingerprint density at radius 3 is 2.95 bits per heavy atom. The first kappa shape index (κ1) is 28.3. The van der Waals surface area contributed by atoms with Crippen LogP contribution in [0.1, 0.15) is 47.3 Å². The van der Waals surface area contributed by atoms with Gasteiger partial charge in [-0.2, -0.15) is 15.2 Å². The molecule has 2 N–H and O–H groups in total. The van der Waals surface area contributed by atoms with Gasteiger partial charge in [0.15, 0.2) is 0 Å². The number of halogens is 1. The van der Waals surface area contributed by atoms with Gasteiger partial charge in [-0.05, 0) is 43.3 Å². The van der Waals surface area contributed by atoms with Crippen LogP contribution in [0.4, 0.5) is 15.9 Å². The molecule has 1 amide bonds. The van der Waals surface area contributed by atoms with Crippen molar-refractivity contribution in [3.63, 3.8) is 0 Å². The van der Waals surface area contributed by atoms with Gasteiger partial charge in [0.2, 0.25) is 0 Å². The molecule has 4 aliphatic heterocycles. The quantitative estimate of drug-likeness (QED) is 0.415. The minimum absolute atomic E-state index is 0.0279. The lowest BCUT2D eigenvalue weighted by molar-refractivity contribution is 0.0963. The Balaban J connectivity index is 1.28. The van der Waals surface area contributed by atoms with Crippen LogP contribution in [-0.2, 0) is 6.42 Å². The lowest BCUT2D eigenvalue weighted by Gasteiger charge is -2.37. The van der Waals surface area contributed by atoms with E-state index in [0.29, 0.717) is 74.4 Å². The molecule has 3 aromatic rings. The van der Waals surface area contributed by atoms with Crippen molar-refractivity contribution >= 4 is 28.2 Å². The fraction of sp³-hybridized carbons (Fsp3) is 0.455. The molecule has 4 aliphatic rings. The number of phenolic OH excluding ortho intramolecular Hbond substituents is 1. The van der Waals surface area contributed by atoms with Crippen molar-refractivity contribution in [3.8, 4) is 30.2 Å². The van der Waals surface area contributed by atoms with Crippen LogP contribution >= 0.6 is 0 Å². The summed E-state index contributed by atoms with van der Waals surface area (Å²) in [7, 11) is 0. The van der Waals surface area contributed by atoms with Gasteiger partial charge in [-0.3, -0.25) is 9.69 Å². The second-order valence-corrected chi connectivity index (χ2v) is 12.2. The number of phenols is 1. The van der Waals surface area contributed by atoms with Crippen LogP contribution in [0.5, 0.6) is 11.8 Å². The van der Waals surface area contributed by atoms with Gasteiger partial charge in [0, 0.05) is 67.8 Å². The van der Waals surface area contributed by atoms with Gasteiger partial charge < -0.3 is 25.0 Å². The number of aromatic hydroxyl groups is 1. The maximum absolute atomic E-state index is 14.5. The molecule has 11 heteroatoms. The molecule has 2 aromatic carbocycles. The monoisotopic (exact) mass is 595 g/mol. The number of nitrogens with one attached hydrogen (secondary N) is 1. The van der Waals surface area contributed by atoms with Crippen LogP contribution in [0.2, 0.25) is 0 Å². The predicted molar refractivity (Wildman–Crippen MR) is 164 cm³/mol. The molecule has 3 saturated heterocycles. The molecule has 0 aliphatic carbocycles. The van der Waals surface area contributed by atoms with Crippen molar-refractivity contribution in [1.82, 2.24) is 20.2 Å². The van der Waals surface area contributed by atoms with E-state index in [4.69, 9.17) is 16.1 Å². The molecule has 0 unspecified atom stereocenters. The van der Waals surface area contributed by atoms with Crippen molar-refractivity contribution in [1.29, 1.82) is 5.26 Å². The molecule has 0 radical (unpaired) electrons. The molecule has 44 heavy (non-hydrogen) atoms. The van der Waals surface area contributed by atoms with Crippen LogP contribution in [0.25, 0.3) is 10.8 Å². The molecule has 5 heterocycles. The number of terminal acetylenes is 1. The van der Waals surface area contributed by atoms with Crippen LogP contribution in [0, 0.1) is 23.7 Å². The third kappa shape index (κ3) is 4.86. The first-order valence-corrected chi connectivity index (χ1v) is 15.2. The largest absolute Gasteiger partial charge is 0.508 e. The second-order valence-electron chi connectivity index (χ2n) is 12.2. The van der Waals surface area contributed by atoms with Crippen LogP contribution in [0.3, 0.4) is 0 Å². The molecule has 0 saturated carbocycles. The van der Waals surface area contributed by atoms with Gasteiger partial charge in [-0.15, -0.1) is 6.42 Å². The lowest BCUT2D eigenvalue weighted by atomic mass is 9.95. The number of piperazine rings is 1. The fourth-order valence-corrected chi connectivity index (χ4v) is 7.50. The topological polar surface area (TPSA) is 118 Å². The number of nitriles is 1. The molecule has 3 fully saturated rings. The lowest BCUT2D eigenvalue weighted by Crippen LogP contribution is -2.51. The number of ether oxygens (including phenoxy) is 1. The number of anilines is 2. The summed E-state index contributed by atoms with van der Waals surface area (Å²) in [6, 6.07) is 11.0. The van der Waals surface area contributed by atoms with Crippen molar-refractivity contribution in [2.45, 2.75) is 49.9 Å². The van der Waals surface area contributed by atoms with E-state index in [0.717, 1.165) is 30.3 Å². The van der Waals surface area contributed by atoms with Gasteiger partial charge in [0.1, 0.15) is 30.0 Å². The minimum Gasteiger partial charge on any atom is -0.508 e. The number of carbonyl (C=O) groups is 1. The molecule has 226 valence electrons. The third-order valence-electron chi connectivity index (χ3n) is 9.51. The zero-order valence-electron chi connectivity index (χ0n) is 24.4. The highest BCUT2D eigenvalue weighted by molar-refractivity contribution is 6.13. The van der Waals surface area contributed by atoms with E-state index in [1.54, 1.807) is 17.0 Å². The molecular weight excluding hydrogens is 561 g/mol. The summed E-state index contributed by atoms with van der Waals surface area (Å²) in [5.74, 6) is 3.03. The van der Waals surface area contributed by atoms with E-state index in [2.05, 4.69) is 32.1 Å². The summed E-state index contributed by atoms with van der Waals surface area (Å²) in [5, 5.41) is 24.7. The van der Waals surface area contributed by atoms with Gasteiger partial charge in [-0.1, -0.05) is 18.1 Å². The summed E-state index contributed by atoms with van der Waals surface area (Å²) >= 11 is 0. The maximum atomic E-state index is 14.5. The number of aromatic nitrogens is 2. The maximum Gasteiger partial charge on any atom is 0.319 e. The zero-order chi connectivity index (χ0) is 30.4. The summed E-state index contributed by atoms with van der Waals surface area (Å²) in [5.41, 5.74) is 1.70. The van der Waals surface area contributed by atoms with Crippen LogP contribution in [-0.4, -0.2) is 89.5 Å². The second kappa shape index (κ2) is 11.2. The average molecular weight is 596 g/mol. The number of carbonyl (C=O) groups excluding carboxylic acids is 1. The Kier molecular flexibility index (Phi) is 7.23. The molecule has 7 rings (SSSR count). The number of fused-ring (bicyclic) bond motifs is 3. The Labute approximate surface area is 255 Å². The van der Waals surface area contributed by atoms with Gasteiger partial charge in [0.05, 0.1) is 23.7 Å².